The van der Waals surface area contributed by atoms with Gasteiger partial charge in [-0.25, -0.2) is 0 Å². The fourth-order valence-electron chi connectivity index (χ4n) is 4.54. The lowest BCUT2D eigenvalue weighted by atomic mass is 9.71. The van der Waals surface area contributed by atoms with E-state index in [0.29, 0.717) is 10.8 Å². The minimum absolute atomic E-state index is 0.656. The summed E-state index contributed by atoms with van der Waals surface area (Å²) in [5.74, 6) is 1.08. The van der Waals surface area contributed by atoms with Crippen LogP contribution < -0.4 is 0 Å². The molecule has 0 amide bonds. The van der Waals surface area contributed by atoms with Gasteiger partial charge in [-0.1, -0.05) is 20.8 Å². The van der Waals surface area contributed by atoms with Crippen LogP contribution in [-0.4, -0.2) is 0 Å². The predicted molar refractivity (Wildman–Crippen MR) is 50.9 cm³/mol. The Hall–Kier alpha value is 0. The van der Waals surface area contributed by atoms with Gasteiger partial charge < -0.3 is 0 Å². The van der Waals surface area contributed by atoms with Crippen LogP contribution in [0.15, 0.2) is 0 Å². The van der Waals surface area contributed by atoms with Gasteiger partial charge in [0.2, 0.25) is 0 Å². The van der Waals surface area contributed by atoms with Gasteiger partial charge in [0, 0.05) is 0 Å². The standard InChI is InChI=1S/C12H20/c1-10(2)9-4-5-11(10,3)8-12(9)6-7-12/h9H,4-8H2,1-3H3. The van der Waals surface area contributed by atoms with E-state index in [9.17, 15) is 0 Å². The van der Waals surface area contributed by atoms with Gasteiger partial charge in [-0.15, -0.1) is 0 Å². The first-order valence-corrected chi connectivity index (χ1v) is 5.50. The molecule has 3 aliphatic rings. The minimum atomic E-state index is 0.656. The zero-order valence-corrected chi connectivity index (χ0v) is 8.61. The van der Waals surface area contributed by atoms with Crippen molar-refractivity contribution in [1.82, 2.24) is 0 Å². The molecular weight excluding hydrogens is 144 g/mol. The highest BCUT2D eigenvalue weighted by molar-refractivity contribution is 5.19. The molecule has 3 fully saturated rings. The van der Waals surface area contributed by atoms with E-state index in [1.54, 1.807) is 19.3 Å². The molecule has 68 valence electrons. The first-order chi connectivity index (χ1) is 5.50. The van der Waals surface area contributed by atoms with Gasteiger partial charge in [0.1, 0.15) is 0 Å². The van der Waals surface area contributed by atoms with Crippen LogP contribution in [0.2, 0.25) is 0 Å². The van der Waals surface area contributed by atoms with Crippen molar-refractivity contribution in [3.8, 4) is 0 Å². The maximum absolute atomic E-state index is 2.54. The summed E-state index contributed by atoms with van der Waals surface area (Å²) in [6.07, 6.45) is 7.70. The number of hydrogen-bond acceptors (Lipinski definition) is 0. The summed E-state index contributed by atoms with van der Waals surface area (Å²) < 4.78 is 0. The Labute approximate surface area is 75.7 Å². The summed E-state index contributed by atoms with van der Waals surface area (Å²) in [4.78, 5) is 0. The largest absolute Gasteiger partial charge is 0.0591 e. The molecule has 2 bridgehead atoms. The van der Waals surface area contributed by atoms with Crippen LogP contribution in [0, 0.1) is 22.2 Å². The van der Waals surface area contributed by atoms with Crippen LogP contribution in [0.25, 0.3) is 0 Å². The molecule has 2 unspecified atom stereocenters. The molecule has 0 nitrogen and oxygen atoms in total. The van der Waals surface area contributed by atoms with Crippen molar-refractivity contribution >= 4 is 0 Å². The van der Waals surface area contributed by atoms with E-state index in [0.717, 1.165) is 11.3 Å². The summed E-state index contributed by atoms with van der Waals surface area (Å²) in [6.45, 7) is 7.59. The molecule has 0 aliphatic heterocycles. The Kier molecular flexibility index (Phi) is 1.00. The topological polar surface area (TPSA) is 0 Å². The molecule has 0 N–H and O–H groups in total. The molecule has 0 aromatic heterocycles. The zero-order valence-electron chi connectivity index (χ0n) is 8.61. The smallest absolute Gasteiger partial charge is 0.0258 e. The highest BCUT2D eigenvalue weighted by Gasteiger charge is 2.70. The lowest BCUT2D eigenvalue weighted by Crippen LogP contribution is -2.26. The highest BCUT2D eigenvalue weighted by atomic mass is 14.7. The molecule has 0 heterocycles. The van der Waals surface area contributed by atoms with Crippen LogP contribution >= 0.6 is 0 Å². The van der Waals surface area contributed by atoms with Gasteiger partial charge in [0.15, 0.2) is 0 Å². The molecule has 3 rings (SSSR count). The molecule has 0 aromatic rings. The van der Waals surface area contributed by atoms with Gasteiger partial charge in [-0.3, -0.25) is 0 Å². The normalized spacial score (nSPS) is 51.8. The Morgan fingerprint density at radius 3 is 1.92 bits per heavy atom. The third kappa shape index (κ3) is 0.561. The van der Waals surface area contributed by atoms with Gasteiger partial charge in [-0.2, -0.15) is 0 Å². The molecule has 0 saturated heterocycles. The second-order valence-electron chi connectivity index (χ2n) is 6.41. The molecule has 0 heteroatoms. The molecule has 0 aromatic carbocycles. The van der Waals surface area contributed by atoms with Crippen LogP contribution in [0.5, 0.6) is 0 Å². The molecule has 0 radical (unpaired) electrons. The van der Waals surface area contributed by atoms with E-state index in [4.69, 9.17) is 0 Å². The first kappa shape index (κ1) is 7.41. The van der Waals surface area contributed by atoms with Gasteiger partial charge in [0.05, 0.1) is 0 Å². The maximum Gasteiger partial charge on any atom is -0.0258 e. The number of rotatable bonds is 0. The van der Waals surface area contributed by atoms with Crippen molar-refractivity contribution in [2.45, 2.75) is 52.9 Å². The predicted octanol–water partition coefficient (Wildman–Crippen LogP) is 3.61. The average Bonchev–Trinajstić information content (AvgIpc) is 2.60. The molecule has 2 atom stereocenters. The molecule has 3 saturated carbocycles. The fourth-order valence-corrected chi connectivity index (χ4v) is 4.54. The van der Waals surface area contributed by atoms with Crippen molar-refractivity contribution in [2.24, 2.45) is 22.2 Å². The second kappa shape index (κ2) is 1.63. The van der Waals surface area contributed by atoms with E-state index in [-0.39, 0.29) is 0 Å². The summed E-state index contributed by atoms with van der Waals surface area (Å²) in [6, 6.07) is 0. The number of hydrogen-bond donors (Lipinski definition) is 0. The van der Waals surface area contributed by atoms with E-state index < -0.39 is 0 Å². The van der Waals surface area contributed by atoms with E-state index >= 15 is 0 Å². The van der Waals surface area contributed by atoms with Crippen LogP contribution in [0.3, 0.4) is 0 Å². The quantitative estimate of drug-likeness (QED) is 0.513. The SMILES string of the molecule is CC12CCC(C3(CC3)C1)C2(C)C. The number of fused-ring (bicyclic) bond motifs is 3. The van der Waals surface area contributed by atoms with Crippen LogP contribution in [0.1, 0.15) is 52.9 Å². The zero-order chi connectivity index (χ0) is 8.61. The summed E-state index contributed by atoms with van der Waals surface area (Å²) >= 11 is 0. The maximum atomic E-state index is 2.54. The Bertz CT molecular complexity index is 232. The molecule has 12 heavy (non-hydrogen) atoms. The van der Waals surface area contributed by atoms with Crippen molar-refractivity contribution in [3.63, 3.8) is 0 Å². The van der Waals surface area contributed by atoms with E-state index in [1.807, 2.05) is 0 Å². The van der Waals surface area contributed by atoms with Gasteiger partial charge in [-0.05, 0) is 54.3 Å². The Morgan fingerprint density at radius 1 is 1.00 bits per heavy atom. The monoisotopic (exact) mass is 164 g/mol. The summed E-state index contributed by atoms with van der Waals surface area (Å²) in [5.41, 5.74) is 2.22. The fraction of sp³-hybridized carbons (Fsp3) is 1.00. The molecule has 3 aliphatic carbocycles. The summed E-state index contributed by atoms with van der Waals surface area (Å²) in [7, 11) is 0. The van der Waals surface area contributed by atoms with Gasteiger partial charge in [0.25, 0.3) is 0 Å². The Morgan fingerprint density at radius 2 is 1.67 bits per heavy atom. The van der Waals surface area contributed by atoms with Crippen molar-refractivity contribution in [1.29, 1.82) is 0 Å². The highest BCUT2D eigenvalue weighted by Crippen LogP contribution is 2.79. The van der Waals surface area contributed by atoms with Crippen LogP contribution in [0.4, 0.5) is 0 Å². The van der Waals surface area contributed by atoms with Crippen molar-refractivity contribution in [3.05, 3.63) is 0 Å². The second-order valence-corrected chi connectivity index (χ2v) is 6.41. The minimum Gasteiger partial charge on any atom is -0.0591 e. The van der Waals surface area contributed by atoms with Crippen molar-refractivity contribution in [2.75, 3.05) is 0 Å². The first-order valence-electron chi connectivity index (χ1n) is 5.50. The lowest BCUT2D eigenvalue weighted by molar-refractivity contribution is 0.152. The molecular formula is C12H20. The third-order valence-corrected chi connectivity index (χ3v) is 5.79. The summed E-state index contributed by atoms with van der Waals surface area (Å²) in [5, 5.41) is 0. The third-order valence-electron chi connectivity index (χ3n) is 5.79. The molecule has 1 spiro atoms. The van der Waals surface area contributed by atoms with Crippen molar-refractivity contribution < 1.29 is 0 Å². The van der Waals surface area contributed by atoms with E-state index in [1.165, 1.54) is 12.8 Å². The Balaban J connectivity index is 2.08. The lowest BCUT2D eigenvalue weighted by Gasteiger charge is -2.34. The van der Waals surface area contributed by atoms with Crippen LogP contribution in [-0.2, 0) is 0 Å². The average molecular weight is 164 g/mol. The van der Waals surface area contributed by atoms with E-state index in [2.05, 4.69) is 20.8 Å². The van der Waals surface area contributed by atoms with Gasteiger partial charge >= 0.3 is 0 Å².